The molecule has 0 bridgehead atoms. The van der Waals surface area contributed by atoms with Gasteiger partial charge in [0.2, 0.25) is 0 Å². The van der Waals surface area contributed by atoms with E-state index in [9.17, 15) is 9.90 Å². The molecule has 2 rings (SSSR count). The number of ether oxygens (including phenoxy) is 1. The van der Waals surface area contributed by atoms with Crippen molar-refractivity contribution in [1.29, 1.82) is 0 Å². The van der Waals surface area contributed by atoms with Crippen molar-refractivity contribution in [2.45, 2.75) is 31.9 Å². The number of hydrogen-bond acceptors (Lipinski definition) is 4. The summed E-state index contributed by atoms with van der Waals surface area (Å²) >= 11 is 0. The van der Waals surface area contributed by atoms with Crippen molar-refractivity contribution in [3.63, 3.8) is 0 Å². The van der Waals surface area contributed by atoms with Crippen LogP contribution in [0.3, 0.4) is 0 Å². The molecular weight excluding hydrogens is 232 g/mol. The molecular formula is C13H18N2O3. The third-order valence-electron chi connectivity index (χ3n) is 3.10. The largest absolute Gasteiger partial charge is 0.508 e. The predicted octanol–water partition coefficient (Wildman–Crippen LogP) is 1.27. The summed E-state index contributed by atoms with van der Waals surface area (Å²) in [5.41, 5.74) is 6.41. The fourth-order valence-corrected chi connectivity index (χ4v) is 2.13. The van der Waals surface area contributed by atoms with Gasteiger partial charge in [0.1, 0.15) is 5.75 Å². The topological polar surface area (TPSA) is 84.6 Å². The Bertz CT molecular complexity index is 448. The second-order valence-electron chi connectivity index (χ2n) is 4.65. The molecule has 0 aliphatic carbocycles. The number of anilines is 1. The molecule has 5 nitrogen and oxygen atoms in total. The number of benzene rings is 1. The van der Waals surface area contributed by atoms with E-state index in [-0.39, 0.29) is 23.8 Å². The van der Waals surface area contributed by atoms with Crippen LogP contribution in [0, 0.1) is 0 Å². The number of carbonyl (C=O) groups excluding carboxylic acids is 1. The molecule has 18 heavy (non-hydrogen) atoms. The van der Waals surface area contributed by atoms with E-state index in [1.165, 1.54) is 18.2 Å². The highest BCUT2D eigenvalue weighted by Crippen LogP contribution is 2.19. The normalized spacial score (nSPS) is 23.6. The highest BCUT2D eigenvalue weighted by Gasteiger charge is 2.22. The number of nitrogen functional groups attached to an aromatic ring is 1. The molecule has 2 atom stereocenters. The molecule has 1 saturated heterocycles. The van der Waals surface area contributed by atoms with E-state index < -0.39 is 0 Å². The molecule has 1 fully saturated rings. The van der Waals surface area contributed by atoms with E-state index in [4.69, 9.17) is 10.5 Å². The molecule has 4 N–H and O–H groups in total. The van der Waals surface area contributed by atoms with Crippen LogP contribution in [-0.2, 0) is 4.74 Å². The number of amides is 1. The van der Waals surface area contributed by atoms with Crippen molar-refractivity contribution in [2.75, 3.05) is 12.3 Å². The van der Waals surface area contributed by atoms with Gasteiger partial charge in [-0.3, -0.25) is 4.79 Å². The van der Waals surface area contributed by atoms with Crippen LogP contribution >= 0.6 is 0 Å². The predicted molar refractivity (Wildman–Crippen MR) is 68.4 cm³/mol. The van der Waals surface area contributed by atoms with Gasteiger partial charge in [-0.15, -0.1) is 0 Å². The summed E-state index contributed by atoms with van der Waals surface area (Å²) in [6.45, 7) is 2.64. The Morgan fingerprint density at radius 2 is 2.33 bits per heavy atom. The van der Waals surface area contributed by atoms with Crippen LogP contribution in [0.15, 0.2) is 18.2 Å². The number of aromatic hydroxyl groups is 1. The molecule has 1 aromatic carbocycles. The molecule has 5 heteroatoms. The SMILES string of the molecule is CC1CC(NC(=O)c2cc(O)ccc2N)CCO1. The fourth-order valence-electron chi connectivity index (χ4n) is 2.13. The first-order valence-corrected chi connectivity index (χ1v) is 6.07. The Balaban J connectivity index is 2.05. The smallest absolute Gasteiger partial charge is 0.253 e. The number of phenols is 1. The molecule has 0 radical (unpaired) electrons. The summed E-state index contributed by atoms with van der Waals surface area (Å²) in [5, 5.41) is 12.3. The minimum absolute atomic E-state index is 0.0368. The Morgan fingerprint density at radius 3 is 3.06 bits per heavy atom. The van der Waals surface area contributed by atoms with E-state index in [0.29, 0.717) is 17.9 Å². The molecule has 98 valence electrons. The van der Waals surface area contributed by atoms with Crippen LogP contribution in [-0.4, -0.2) is 29.8 Å². The lowest BCUT2D eigenvalue weighted by Gasteiger charge is -2.28. The number of carbonyl (C=O) groups is 1. The van der Waals surface area contributed by atoms with Gasteiger partial charge in [-0.1, -0.05) is 0 Å². The summed E-state index contributed by atoms with van der Waals surface area (Å²) < 4.78 is 5.42. The minimum atomic E-state index is -0.248. The third-order valence-corrected chi connectivity index (χ3v) is 3.10. The van der Waals surface area contributed by atoms with Crippen molar-refractivity contribution >= 4 is 11.6 Å². The van der Waals surface area contributed by atoms with Gasteiger partial charge in [-0.2, -0.15) is 0 Å². The van der Waals surface area contributed by atoms with Gasteiger partial charge in [0.25, 0.3) is 5.91 Å². The maximum atomic E-state index is 12.0. The number of phenolic OH excluding ortho intramolecular Hbond substituents is 1. The summed E-state index contributed by atoms with van der Waals surface area (Å²) in [5.74, 6) is -0.211. The molecule has 0 aromatic heterocycles. The zero-order valence-electron chi connectivity index (χ0n) is 10.3. The summed E-state index contributed by atoms with van der Waals surface area (Å²) in [6.07, 6.45) is 1.75. The third kappa shape index (κ3) is 2.92. The molecule has 2 unspecified atom stereocenters. The standard InChI is InChI=1S/C13H18N2O3/c1-8-6-9(4-5-18-8)15-13(17)11-7-10(16)2-3-12(11)14/h2-3,7-9,16H,4-6,14H2,1H3,(H,15,17). The van der Waals surface area contributed by atoms with Crippen LogP contribution in [0.2, 0.25) is 0 Å². The van der Waals surface area contributed by atoms with Gasteiger partial charge in [-0.25, -0.2) is 0 Å². The zero-order chi connectivity index (χ0) is 13.1. The van der Waals surface area contributed by atoms with E-state index in [1.807, 2.05) is 6.92 Å². The minimum Gasteiger partial charge on any atom is -0.508 e. The van der Waals surface area contributed by atoms with E-state index in [2.05, 4.69) is 5.32 Å². The van der Waals surface area contributed by atoms with Crippen molar-refractivity contribution in [2.24, 2.45) is 0 Å². The van der Waals surface area contributed by atoms with Crippen LogP contribution in [0.5, 0.6) is 5.75 Å². The molecule has 0 saturated carbocycles. The van der Waals surface area contributed by atoms with E-state index in [0.717, 1.165) is 12.8 Å². The zero-order valence-corrected chi connectivity index (χ0v) is 10.3. The van der Waals surface area contributed by atoms with Crippen molar-refractivity contribution in [1.82, 2.24) is 5.32 Å². The summed E-state index contributed by atoms with van der Waals surface area (Å²) in [4.78, 5) is 12.0. The van der Waals surface area contributed by atoms with E-state index >= 15 is 0 Å². The Kier molecular flexibility index (Phi) is 3.72. The Morgan fingerprint density at radius 1 is 1.56 bits per heavy atom. The number of nitrogens with two attached hydrogens (primary N) is 1. The summed E-state index contributed by atoms with van der Waals surface area (Å²) in [7, 11) is 0. The highest BCUT2D eigenvalue weighted by molar-refractivity contribution is 5.99. The maximum absolute atomic E-state index is 12.0. The molecule has 0 spiro atoms. The first-order chi connectivity index (χ1) is 8.56. The quantitative estimate of drug-likeness (QED) is 0.545. The van der Waals surface area contributed by atoms with Crippen LogP contribution < -0.4 is 11.1 Å². The molecule has 1 aliphatic rings. The van der Waals surface area contributed by atoms with Crippen LogP contribution in [0.4, 0.5) is 5.69 Å². The lowest BCUT2D eigenvalue weighted by Crippen LogP contribution is -2.41. The molecule has 1 aliphatic heterocycles. The first-order valence-electron chi connectivity index (χ1n) is 6.07. The second-order valence-corrected chi connectivity index (χ2v) is 4.65. The Hall–Kier alpha value is -1.75. The van der Waals surface area contributed by atoms with Gasteiger partial charge < -0.3 is 20.9 Å². The van der Waals surface area contributed by atoms with Gasteiger partial charge in [0.05, 0.1) is 11.7 Å². The van der Waals surface area contributed by atoms with Crippen LogP contribution in [0.1, 0.15) is 30.1 Å². The molecule has 1 amide bonds. The van der Waals surface area contributed by atoms with E-state index in [1.54, 1.807) is 0 Å². The lowest BCUT2D eigenvalue weighted by atomic mass is 10.0. The monoisotopic (exact) mass is 250 g/mol. The average Bonchev–Trinajstić information content (AvgIpc) is 2.32. The maximum Gasteiger partial charge on any atom is 0.253 e. The van der Waals surface area contributed by atoms with Gasteiger partial charge in [-0.05, 0) is 38.0 Å². The van der Waals surface area contributed by atoms with Crippen molar-refractivity contribution < 1.29 is 14.6 Å². The van der Waals surface area contributed by atoms with Crippen molar-refractivity contribution in [3.8, 4) is 5.75 Å². The molecule has 1 heterocycles. The fraction of sp³-hybridized carbons (Fsp3) is 0.462. The Labute approximate surface area is 106 Å². The highest BCUT2D eigenvalue weighted by atomic mass is 16.5. The van der Waals surface area contributed by atoms with Gasteiger partial charge in [0.15, 0.2) is 0 Å². The average molecular weight is 250 g/mol. The summed E-state index contributed by atoms with van der Waals surface area (Å²) in [6, 6.07) is 4.47. The lowest BCUT2D eigenvalue weighted by molar-refractivity contribution is 0.0136. The first kappa shape index (κ1) is 12.7. The number of hydrogen-bond donors (Lipinski definition) is 3. The van der Waals surface area contributed by atoms with Gasteiger partial charge in [0, 0.05) is 18.3 Å². The van der Waals surface area contributed by atoms with Gasteiger partial charge >= 0.3 is 0 Å². The number of rotatable bonds is 2. The molecule has 1 aromatic rings. The van der Waals surface area contributed by atoms with Crippen molar-refractivity contribution in [3.05, 3.63) is 23.8 Å². The second kappa shape index (κ2) is 5.27. The van der Waals surface area contributed by atoms with Crippen LogP contribution in [0.25, 0.3) is 0 Å². The number of nitrogens with one attached hydrogen (secondary N) is 1.